The van der Waals surface area contributed by atoms with Crippen LogP contribution in [0, 0.1) is 6.92 Å². The fraction of sp³-hybridized carbons (Fsp3) is 0.300. The number of hydrogen-bond donors (Lipinski definition) is 2. The molecular formula is C10H12N4OS. The number of aromatic amines is 1. The number of nitrogens with zero attached hydrogens (tertiary/aromatic N) is 2. The summed E-state index contributed by atoms with van der Waals surface area (Å²) in [6.07, 6.45) is 0.579. The third-order valence-corrected chi connectivity index (χ3v) is 3.00. The first kappa shape index (κ1) is 11.0. The predicted octanol–water partition coefficient (Wildman–Crippen LogP) is 0.584. The smallest absolute Gasteiger partial charge is 0.251 e. The van der Waals surface area contributed by atoms with E-state index in [1.54, 1.807) is 11.3 Å². The van der Waals surface area contributed by atoms with Gasteiger partial charge in [-0.25, -0.2) is 9.97 Å². The van der Waals surface area contributed by atoms with E-state index in [1.165, 1.54) is 6.07 Å². The van der Waals surface area contributed by atoms with Gasteiger partial charge < -0.3 is 10.7 Å². The summed E-state index contributed by atoms with van der Waals surface area (Å²) in [6, 6.07) is 1.48. The van der Waals surface area contributed by atoms with Crippen LogP contribution in [0.4, 0.5) is 0 Å². The normalized spacial score (nSPS) is 10.6. The highest BCUT2D eigenvalue weighted by Crippen LogP contribution is 2.12. The molecule has 0 saturated carbocycles. The van der Waals surface area contributed by atoms with Crippen molar-refractivity contribution in [2.75, 3.05) is 0 Å². The molecule has 0 atom stereocenters. The summed E-state index contributed by atoms with van der Waals surface area (Å²) in [6.45, 7) is 2.18. The van der Waals surface area contributed by atoms with Gasteiger partial charge in [0.15, 0.2) is 0 Å². The Morgan fingerprint density at radius 2 is 2.31 bits per heavy atom. The molecule has 16 heavy (non-hydrogen) atoms. The summed E-state index contributed by atoms with van der Waals surface area (Å²) < 4.78 is 0. The average molecular weight is 236 g/mol. The predicted molar refractivity (Wildman–Crippen MR) is 62.4 cm³/mol. The van der Waals surface area contributed by atoms with Gasteiger partial charge in [-0.3, -0.25) is 4.79 Å². The third-order valence-electron chi connectivity index (χ3n) is 2.04. The summed E-state index contributed by atoms with van der Waals surface area (Å²) in [5.74, 6) is 0.510. The maximum absolute atomic E-state index is 11.3. The Morgan fingerprint density at radius 3 is 2.94 bits per heavy atom. The van der Waals surface area contributed by atoms with Crippen molar-refractivity contribution < 1.29 is 0 Å². The first-order valence-electron chi connectivity index (χ1n) is 4.87. The summed E-state index contributed by atoms with van der Waals surface area (Å²) in [5.41, 5.74) is 6.97. The van der Waals surface area contributed by atoms with Crippen LogP contribution in [0.1, 0.15) is 22.2 Å². The number of aryl methyl sites for hydroxylation is 1. The molecule has 84 valence electrons. The maximum Gasteiger partial charge on any atom is 0.251 e. The topological polar surface area (TPSA) is 84.7 Å². The van der Waals surface area contributed by atoms with Crippen LogP contribution >= 0.6 is 11.3 Å². The molecule has 0 unspecified atom stereocenters. The fourth-order valence-corrected chi connectivity index (χ4v) is 2.18. The molecule has 2 rings (SSSR count). The number of rotatable bonds is 3. The van der Waals surface area contributed by atoms with Crippen molar-refractivity contribution in [2.45, 2.75) is 19.9 Å². The second-order valence-electron chi connectivity index (χ2n) is 3.45. The molecule has 5 nitrogen and oxygen atoms in total. The van der Waals surface area contributed by atoms with Gasteiger partial charge in [-0.05, 0) is 6.92 Å². The maximum atomic E-state index is 11.3. The number of H-pyrrole nitrogens is 1. The quantitative estimate of drug-likeness (QED) is 0.816. The first-order chi connectivity index (χ1) is 7.67. The fourth-order valence-electron chi connectivity index (χ4n) is 1.39. The van der Waals surface area contributed by atoms with Crippen LogP contribution in [0.25, 0.3) is 0 Å². The van der Waals surface area contributed by atoms with E-state index in [9.17, 15) is 4.79 Å². The largest absolute Gasteiger partial charge is 0.324 e. The highest BCUT2D eigenvalue weighted by atomic mass is 32.1. The molecule has 2 aromatic rings. The third kappa shape index (κ3) is 2.53. The van der Waals surface area contributed by atoms with Crippen LogP contribution in [0.5, 0.6) is 0 Å². The van der Waals surface area contributed by atoms with E-state index in [0.29, 0.717) is 17.9 Å². The van der Waals surface area contributed by atoms with Crippen molar-refractivity contribution >= 4 is 11.3 Å². The number of nitrogens with two attached hydrogens (primary N) is 1. The van der Waals surface area contributed by atoms with Crippen LogP contribution in [0.3, 0.4) is 0 Å². The van der Waals surface area contributed by atoms with E-state index >= 15 is 0 Å². The highest BCUT2D eigenvalue weighted by molar-refractivity contribution is 7.09. The molecule has 0 fully saturated rings. The second-order valence-corrected chi connectivity index (χ2v) is 4.39. The van der Waals surface area contributed by atoms with Crippen LogP contribution < -0.4 is 11.3 Å². The molecule has 3 N–H and O–H groups in total. The van der Waals surface area contributed by atoms with Gasteiger partial charge in [0, 0.05) is 23.6 Å². The van der Waals surface area contributed by atoms with E-state index < -0.39 is 0 Å². The van der Waals surface area contributed by atoms with E-state index in [1.807, 2.05) is 12.3 Å². The molecule has 2 aromatic heterocycles. The Hall–Kier alpha value is -1.53. The lowest BCUT2D eigenvalue weighted by molar-refractivity contribution is 0.857. The van der Waals surface area contributed by atoms with E-state index in [4.69, 9.17) is 5.73 Å². The minimum Gasteiger partial charge on any atom is -0.324 e. The molecule has 0 radical (unpaired) electrons. The molecular weight excluding hydrogens is 224 g/mol. The van der Waals surface area contributed by atoms with Gasteiger partial charge in [0.25, 0.3) is 5.56 Å². The van der Waals surface area contributed by atoms with Gasteiger partial charge >= 0.3 is 0 Å². The molecule has 2 heterocycles. The zero-order valence-electron chi connectivity index (χ0n) is 8.86. The van der Waals surface area contributed by atoms with Crippen molar-refractivity contribution in [3.05, 3.63) is 44.0 Å². The first-order valence-corrected chi connectivity index (χ1v) is 5.75. The molecule has 0 spiro atoms. The van der Waals surface area contributed by atoms with Crippen molar-refractivity contribution in [3.63, 3.8) is 0 Å². The van der Waals surface area contributed by atoms with E-state index in [0.717, 1.165) is 10.7 Å². The number of nitrogens with one attached hydrogen (secondary N) is 1. The van der Waals surface area contributed by atoms with E-state index in [2.05, 4.69) is 15.0 Å². The van der Waals surface area contributed by atoms with Gasteiger partial charge in [-0.15, -0.1) is 11.3 Å². The lowest BCUT2D eigenvalue weighted by atomic mass is 10.3. The lowest BCUT2D eigenvalue weighted by Gasteiger charge is -2.00. The molecule has 0 aliphatic heterocycles. The molecule has 0 bridgehead atoms. The Kier molecular flexibility index (Phi) is 3.12. The minimum absolute atomic E-state index is 0.168. The summed E-state index contributed by atoms with van der Waals surface area (Å²) >= 11 is 1.57. The Bertz CT molecular complexity index is 546. The van der Waals surface area contributed by atoms with Gasteiger partial charge in [-0.2, -0.15) is 0 Å². The van der Waals surface area contributed by atoms with E-state index in [-0.39, 0.29) is 12.1 Å². The molecule has 0 amide bonds. The van der Waals surface area contributed by atoms with Crippen molar-refractivity contribution in [2.24, 2.45) is 5.73 Å². The van der Waals surface area contributed by atoms with Crippen LogP contribution in [0.15, 0.2) is 16.2 Å². The molecule has 0 aromatic carbocycles. The summed E-state index contributed by atoms with van der Waals surface area (Å²) in [7, 11) is 0. The average Bonchev–Trinajstić information content (AvgIpc) is 2.63. The highest BCUT2D eigenvalue weighted by Gasteiger charge is 2.04. The van der Waals surface area contributed by atoms with Gasteiger partial charge in [0.1, 0.15) is 5.82 Å². The second kappa shape index (κ2) is 4.54. The summed E-state index contributed by atoms with van der Waals surface area (Å²) in [4.78, 5) is 22.4. The van der Waals surface area contributed by atoms with Gasteiger partial charge in [0.05, 0.1) is 17.2 Å². The van der Waals surface area contributed by atoms with Crippen molar-refractivity contribution in [1.82, 2.24) is 15.0 Å². The Balaban J connectivity index is 2.27. The monoisotopic (exact) mass is 236 g/mol. The molecule has 0 aliphatic rings. The molecule has 6 heteroatoms. The summed E-state index contributed by atoms with van der Waals surface area (Å²) in [5, 5.41) is 2.94. The van der Waals surface area contributed by atoms with Crippen molar-refractivity contribution in [3.8, 4) is 0 Å². The zero-order valence-corrected chi connectivity index (χ0v) is 9.67. The number of hydrogen-bond acceptors (Lipinski definition) is 5. The zero-order chi connectivity index (χ0) is 11.5. The number of thiazole rings is 1. The van der Waals surface area contributed by atoms with Gasteiger partial charge in [-0.1, -0.05) is 0 Å². The van der Waals surface area contributed by atoms with Gasteiger partial charge in [0.2, 0.25) is 0 Å². The van der Waals surface area contributed by atoms with Crippen LogP contribution in [-0.2, 0) is 13.0 Å². The molecule has 0 saturated heterocycles. The van der Waals surface area contributed by atoms with Crippen LogP contribution in [-0.4, -0.2) is 15.0 Å². The molecule has 0 aliphatic carbocycles. The van der Waals surface area contributed by atoms with Crippen LogP contribution in [0.2, 0.25) is 0 Å². The standard InChI is InChI=1S/C10H12N4OS/c1-6-5-16-10(12-6)3-7-2-9(15)14-8(4-11)13-7/h2,5H,3-4,11H2,1H3,(H,13,14,15). The SMILES string of the molecule is Cc1csc(Cc2cc(=O)[nH]c(CN)n2)n1. The Morgan fingerprint density at radius 1 is 1.50 bits per heavy atom. The lowest BCUT2D eigenvalue weighted by Crippen LogP contribution is -2.15. The van der Waals surface area contributed by atoms with Crippen molar-refractivity contribution in [1.29, 1.82) is 0 Å². The Labute approximate surface area is 96.4 Å². The number of aromatic nitrogens is 3. The minimum atomic E-state index is -0.168.